The Morgan fingerprint density at radius 2 is 2.07 bits per heavy atom. The highest BCUT2D eigenvalue weighted by Gasteiger charge is 2.12. The molecule has 4 rings (SSSR count). The van der Waals surface area contributed by atoms with Crippen LogP contribution in [0.2, 0.25) is 0 Å². The van der Waals surface area contributed by atoms with Gasteiger partial charge in [0.25, 0.3) is 5.56 Å². The molecule has 1 amide bonds. The largest absolute Gasteiger partial charge is 0.497 e. The van der Waals surface area contributed by atoms with Crippen molar-refractivity contribution in [3.63, 3.8) is 0 Å². The minimum Gasteiger partial charge on any atom is -0.497 e. The number of aryl methyl sites for hydroxylation is 1. The van der Waals surface area contributed by atoms with E-state index in [0.717, 1.165) is 33.2 Å². The molecule has 0 aliphatic heterocycles. The van der Waals surface area contributed by atoms with Crippen LogP contribution in [-0.4, -0.2) is 27.8 Å². The number of hydrogen-bond acceptors (Lipinski definition) is 4. The molecule has 0 saturated carbocycles. The van der Waals surface area contributed by atoms with E-state index in [-0.39, 0.29) is 18.0 Å². The normalized spacial score (nSPS) is 11.1. The number of carbonyl (C=O) groups is 1. The molecular formula is C21H20N4O3. The van der Waals surface area contributed by atoms with E-state index >= 15 is 0 Å². The average molecular weight is 376 g/mol. The maximum absolute atomic E-state index is 12.7. The van der Waals surface area contributed by atoms with Crippen molar-refractivity contribution < 1.29 is 9.53 Å². The Bertz CT molecular complexity index is 1240. The van der Waals surface area contributed by atoms with Crippen molar-refractivity contribution in [2.24, 2.45) is 0 Å². The fraction of sp³-hybridized carbons (Fsp3) is 0.190. The van der Waals surface area contributed by atoms with Crippen molar-refractivity contribution >= 4 is 27.7 Å². The fourth-order valence-electron chi connectivity index (χ4n) is 3.23. The number of benzene rings is 2. The van der Waals surface area contributed by atoms with Gasteiger partial charge in [0.05, 0.1) is 13.3 Å². The van der Waals surface area contributed by atoms with Gasteiger partial charge in [-0.05, 0) is 36.8 Å². The minimum absolute atomic E-state index is 0.146. The van der Waals surface area contributed by atoms with Gasteiger partial charge in [0.1, 0.15) is 17.8 Å². The molecule has 0 fully saturated rings. The molecule has 7 nitrogen and oxygen atoms in total. The van der Waals surface area contributed by atoms with Crippen LogP contribution in [0.15, 0.2) is 53.5 Å². The first-order valence-corrected chi connectivity index (χ1v) is 8.93. The van der Waals surface area contributed by atoms with E-state index in [1.54, 1.807) is 13.3 Å². The number of carbonyl (C=O) groups excluding carboxylic acids is 1. The maximum Gasteiger partial charge on any atom is 0.291 e. The smallest absolute Gasteiger partial charge is 0.291 e. The second-order valence-electron chi connectivity index (χ2n) is 6.70. The SMILES string of the molecule is COc1cccc(CNC(=O)Cn2ncc3c([nH]c4ccc(C)cc43)c2=O)c1. The van der Waals surface area contributed by atoms with E-state index in [1.807, 2.05) is 49.4 Å². The molecule has 0 spiro atoms. The maximum atomic E-state index is 12.7. The van der Waals surface area contributed by atoms with Crippen LogP contribution in [0.5, 0.6) is 5.75 Å². The molecule has 0 saturated heterocycles. The number of nitrogens with one attached hydrogen (secondary N) is 2. The summed E-state index contributed by atoms with van der Waals surface area (Å²) in [5, 5.41) is 8.70. The molecule has 2 aromatic heterocycles. The van der Waals surface area contributed by atoms with E-state index < -0.39 is 0 Å². The second-order valence-corrected chi connectivity index (χ2v) is 6.70. The highest BCUT2D eigenvalue weighted by Crippen LogP contribution is 2.23. The molecule has 4 aromatic rings. The van der Waals surface area contributed by atoms with Gasteiger partial charge in [-0.3, -0.25) is 9.59 Å². The van der Waals surface area contributed by atoms with Gasteiger partial charge < -0.3 is 15.0 Å². The molecule has 2 N–H and O–H groups in total. The molecule has 0 atom stereocenters. The second kappa shape index (κ2) is 7.19. The number of aromatic amines is 1. The summed E-state index contributed by atoms with van der Waals surface area (Å²) in [5.74, 6) is 0.438. The molecule has 0 unspecified atom stereocenters. The van der Waals surface area contributed by atoms with Crippen molar-refractivity contribution in [3.8, 4) is 5.75 Å². The molecule has 7 heteroatoms. The lowest BCUT2D eigenvalue weighted by Crippen LogP contribution is -2.33. The van der Waals surface area contributed by atoms with E-state index in [2.05, 4.69) is 15.4 Å². The molecule has 142 valence electrons. The van der Waals surface area contributed by atoms with Crippen LogP contribution >= 0.6 is 0 Å². The van der Waals surface area contributed by atoms with Crippen molar-refractivity contribution in [1.82, 2.24) is 20.1 Å². The third kappa shape index (κ3) is 3.34. The zero-order chi connectivity index (χ0) is 19.7. The van der Waals surface area contributed by atoms with E-state index in [1.165, 1.54) is 4.68 Å². The van der Waals surface area contributed by atoms with E-state index in [9.17, 15) is 9.59 Å². The molecule has 0 aliphatic rings. The van der Waals surface area contributed by atoms with Gasteiger partial charge in [-0.1, -0.05) is 23.8 Å². The lowest BCUT2D eigenvalue weighted by molar-refractivity contribution is -0.122. The standard InChI is InChI=1S/C21H20N4O3/c1-13-6-7-18-16(8-13)17-11-23-25(21(27)20(17)24-18)12-19(26)22-10-14-4-3-5-15(9-14)28-2/h3-9,11,24H,10,12H2,1-2H3,(H,22,26). The highest BCUT2D eigenvalue weighted by atomic mass is 16.5. The summed E-state index contributed by atoms with van der Waals surface area (Å²) in [5.41, 5.74) is 3.03. The van der Waals surface area contributed by atoms with Crippen molar-refractivity contribution in [2.45, 2.75) is 20.0 Å². The van der Waals surface area contributed by atoms with Crippen molar-refractivity contribution in [3.05, 3.63) is 70.1 Å². The average Bonchev–Trinajstić information content (AvgIpc) is 3.07. The monoisotopic (exact) mass is 376 g/mol. The number of amides is 1. The number of aromatic nitrogens is 3. The Hall–Kier alpha value is -3.61. The Morgan fingerprint density at radius 3 is 2.89 bits per heavy atom. The molecule has 2 aromatic carbocycles. The summed E-state index contributed by atoms with van der Waals surface area (Å²) in [6, 6.07) is 13.4. The zero-order valence-corrected chi connectivity index (χ0v) is 15.7. The third-order valence-electron chi connectivity index (χ3n) is 4.69. The van der Waals surface area contributed by atoms with Gasteiger partial charge >= 0.3 is 0 Å². The number of ether oxygens (including phenoxy) is 1. The predicted octanol–water partition coefficient (Wildman–Crippen LogP) is 2.51. The first-order chi connectivity index (χ1) is 13.5. The lowest BCUT2D eigenvalue weighted by Gasteiger charge is -2.08. The van der Waals surface area contributed by atoms with Gasteiger partial charge in [-0.15, -0.1) is 0 Å². The van der Waals surface area contributed by atoms with Gasteiger partial charge in [0.15, 0.2) is 0 Å². The lowest BCUT2D eigenvalue weighted by atomic mass is 10.1. The number of rotatable bonds is 5. The van der Waals surface area contributed by atoms with Crippen LogP contribution in [0, 0.1) is 6.92 Å². The number of nitrogens with zero attached hydrogens (tertiary/aromatic N) is 2. The Balaban J connectivity index is 1.54. The molecular weight excluding hydrogens is 356 g/mol. The van der Waals surface area contributed by atoms with E-state index in [0.29, 0.717) is 12.1 Å². The van der Waals surface area contributed by atoms with Crippen LogP contribution in [0.4, 0.5) is 0 Å². The Morgan fingerprint density at radius 1 is 1.21 bits per heavy atom. The Labute approximate surface area is 160 Å². The summed E-state index contributed by atoms with van der Waals surface area (Å²) in [6.45, 7) is 2.20. The van der Waals surface area contributed by atoms with Crippen molar-refractivity contribution in [1.29, 1.82) is 0 Å². The number of H-pyrrole nitrogens is 1. The topological polar surface area (TPSA) is 89.0 Å². The molecule has 0 bridgehead atoms. The predicted molar refractivity (Wildman–Crippen MR) is 107 cm³/mol. The highest BCUT2D eigenvalue weighted by molar-refractivity contribution is 6.06. The number of hydrogen-bond donors (Lipinski definition) is 2. The summed E-state index contributed by atoms with van der Waals surface area (Å²) in [4.78, 5) is 28.2. The summed E-state index contributed by atoms with van der Waals surface area (Å²) < 4.78 is 6.35. The van der Waals surface area contributed by atoms with Gasteiger partial charge in [-0.25, -0.2) is 4.68 Å². The molecule has 2 heterocycles. The van der Waals surface area contributed by atoms with Crippen LogP contribution in [0.1, 0.15) is 11.1 Å². The Kier molecular flexibility index (Phi) is 4.57. The number of methoxy groups -OCH3 is 1. The quantitative estimate of drug-likeness (QED) is 0.560. The van der Waals surface area contributed by atoms with Gasteiger partial charge in [0.2, 0.25) is 5.91 Å². The molecule has 0 radical (unpaired) electrons. The minimum atomic E-state index is -0.317. The number of fused-ring (bicyclic) bond motifs is 3. The molecule has 0 aliphatic carbocycles. The van der Waals surface area contributed by atoms with Gasteiger partial charge in [-0.2, -0.15) is 5.10 Å². The van der Waals surface area contributed by atoms with Gasteiger partial charge in [0, 0.05) is 22.8 Å². The summed E-state index contributed by atoms with van der Waals surface area (Å²) in [6.07, 6.45) is 1.63. The van der Waals surface area contributed by atoms with Crippen molar-refractivity contribution in [2.75, 3.05) is 7.11 Å². The summed E-state index contributed by atoms with van der Waals surface area (Å²) in [7, 11) is 1.59. The van der Waals surface area contributed by atoms with Crippen LogP contribution in [0.3, 0.4) is 0 Å². The first kappa shape index (κ1) is 17.8. The van der Waals surface area contributed by atoms with Crippen LogP contribution in [-0.2, 0) is 17.9 Å². The zero-order valence-electron chi connectivity index (χ0n) is 15.7. The third-order valence-corrected chi connectivity index (χ3v) is 4.69. The van der Waals surface area contributed by atoms with E-state index in [4.69, 9.17) is 4.74 Å². The first-order valence-electron chi connectivity index (χ1n) is 8.93. The van der Waals surface area contributed by atoms with Crippen LogP contribution < -0.4 is 15.6 Å². The van der Waals surface area contributed by atoms with Crippen LogP contribution in [0.25, 0.3) is 21.8 Å². The summed E-state index contributed by atoms with van der Waals surface area (Å²) >= 11 is 0. The fourth-order valence-corrected chi connectivity index (χ4v) is 3.23. The molecule has 28 heavy (non-hydrogen) atoms.